The van der Waals surface area contributed by atoms with Gasteiger partial charge < -0.3 is 5.32 Å². The van der Waals surface area contributed by atoms with Crippen LogP contribution in [0.2, 0.25) is 0 Å². The molecule has 4 heteroatoms. The predicted octanol–water partition coefficient (Wildman–Crippen LogP) is 4.58. The van der Waals surface area contributed by atoms with Gasteiger partial charge in [0.25, 0.3) is 0 Å². The van der Waals surface area contributed by atoms with Gasteiger partial charge >= 0.3 is 0 Å². The van der Waals surface area contributed by atoms with Crippen LogP contribution < -0.4 is 5.32 Å². The lowest BCUT2D eigenvalue weighted by Crippen LogP contribution is -2.25. The summed E-state index contributed by atoms with van der Waals surface area (Å²) in [5.74, 6) is -0.212. The molecule has 2 aromatic rings. The first kappa shape index (κ1) is 16.1. The summed E-state index contributed by atoms with van der Waals surface area (Å²) in [5, 5.41) is 3.54. The zero-order valence-corrected chi connectivity index (χ0v) is 14.0. The molecule has 112 valence electrons. The van der Waals surface area contributed by atoms with Crippen LogP contribution in [-0.2, 0) is 6.42 Å². The molecule has 1 atom stereocenters. The van der Waals surface area contributed by atoms with Crippen molar-refractivity contribution in [3.8, 4) is 0 Å². The van der Waals surface area contributed by atoms with Gasteiger partial charge in [0, 0.05) is 22.4 Å². The minimum atomic E-state index is -0.212. The third-order valence-corrected chi connectivity index (χ3v) is 3.88. The summed E-state index contributed by atoms with van der Waals surface area (Å²) in [7, 11) is 0. The zero-order valence-electron chi connectivity index (χ0n) is 12.4. The fourth-order valence-corrected chi connectivity index (χ4v) is 2.95. The number of pyridine rings is 1. The number of halogens is 2. The molecular weight excluding hydrogens is 331 g/mol. The average molecular weight is 351 g/mol. The minimum Gasteiger partial charge on any atom is -0.310 e. The van der Waals surface area contributed by atoms with Crippen molar-refractivity contribution < 1.29 is 4.39 Å². The van der Waals surface area contributed by atoms with Crippen molar-refractivity contribution in [1.29, 1.82) is 0 Å². The average Bonchev–Trinajstić information content (AvgIpc) is 2.43. The molecule has 0 fully saturated rings. The molecule has 1 heterocycles. The van der Waals surface area contributed by atoms with Crippen molar-refractivity contribution >= 4 is 15.9 Å². The van der Waals surface area contributed by atoms with Crippen LogP contribution in [0.5, 0.6) is 0 Å². The smallest absolute Gasteiger partial charge is 0.124 e. The summed E-state index contributed by atoms with van der Waals surface area (Å²) in [5.41, 5.74) is 3.16. The van der Waals surface area contributed by atoms with Gasteiger partial charge in [-0.25, -0.2) is 4.39 Å². The number of hydrogen-bond acceptors (Lipinski definition) is 2. The topological polar surface area (TPSA) is 24.9 Å². The van der Waals surface area contributed by atoms with E-state index in [0.29, 0.717) is 0 Å². The van der Waals surface area contributed by atoms with Gasteiger partial charge in [0.05, 0.1) is 0 Å². The third kappa shape index (κ3) is 4.61. The number of nitrogens with zero attached hydrogens (tertiary/aromatic N) is 1. The number of rotatable bonds is 6. The largest absolute Gasteiger partial charge is 0.310 e. The summed E-state index contributed by atoms with van der Waals surface area (Å²) in [4.78, 5) is 4.36. The molecule has 0 saturated carbocycles. The summed E-state index contributed by atoms with van der Waals surface area (Å²) < 4.78 is 14.3. The standard InChI is InChI=1S/C17H20BrFN2/c1-3-6-21-17(16-5-4-7-20-12(16)2)10-13-8-14(18)11-15(19)9-13/h4-5,7-9,11,17,21H,3,6,10H2,1-2H3. The van der Waals surface area contributed by atoms with Crippen molar-refractivity contribution in [2.24, 2.45) is 0 Å². The van der Waals surface area contributed by atoms with Gasteiger partial charge in [-0.15, -0.1) is 0 Å². The van der Waals surface area contributed by atoms with Gasteiger partial charge in [-0.3, -0.25) is 4.98 Å². The minimum absolute atomic E-state index is 0.146. The Bertz CT molecular complexity index is 581. The lowest BCUT2D eigenvalue weighted by atomic mass is 9.97. The molecule has 1 aromatic carbocycles. The van der Waals surface area contributed by atoms with E-state index in [9.17, 15) is 4.39 Å². The number of aromatic nitrogens is 1. The molecule has 21 heavy (non-hydrogen) atoms. The van der Waals surface area contributed by atoms with E-state index in [0.717, 1.165) is 35.1 Å². The van der Waals surface area contributed by atoms with Gasteiger partial charge in [0.2, 0.25) is 0 Å². The van der Waals surface area contributed by atoms with Crippen LogP contribution >= 0.6 is 15.9 Å². The van der Waals surface area contributed by atoms with Crippen molar-refractivity contribution in [1.82, 2.24) is 10.3 Å². The quantitative estimate of drug-likeness (QED) is 0.824. The Morgan fingerprint density at radius 3 is 2.81 bits per heavy atom. The fourth-order valence-electron chi connectivity index (χ4n) is 2.44. The summed E-state index contributed by atoms with van der Waals surface area (Å²) >= 11 is 3.35. The Balaban J connectivity index is 2.26. The Labute approximate surface area is 133 Å². The predicted molar refractivity (Wildman–Crippen MR) is 87.8 cm³/mol. The Kier molecular flexibility index (Phi) is 5.88. The van der Waals surface area contributed by atoms with Crippen molar-refractivity contribution in [3.05, 3.63) is 63.6 Å². The lowest BCUT2D eigenvalue weighted by molar-refractivity contribution is 0.523. The van der Waals surface area contributed by atoms with Crippen LogP contribution in [0.15, 0.2) is 41.0 Å². The zero-order chi connectivity index (χ0) is 15.2. The molecule has 1 unspecified atom stereocenters. The van der Waals surface area contributed by atoms with Gasteiger partial charge in [0.1, 0.15) is 5.82 Å². The lowest BCUT2D eigenvalue weighted by Gasteiger charge is -2.20. The maximum atomic E-state index is 13.5. The highest BCUT2D eigenvalue weighted by Gasteiger charge is 2.15. The number of nitrogens with one attached hydrogen (secondary N) is 1. The third-order valence-electron chi connectivity index (χ3n) is 3.43. The fraction of sp³-hybridized carbons (Fsp3) is 0.353. The number of benzene rings is 1. The van der Waals surface area contributed by atoms with E-state index >= 15 is 0 Å². The first-order valence-electron chi connectivity index (χ1n) is 7.20. The molecule has 0 saturated heterocycles. The highest BCUT2D eigenvalue weighted by Crippen LogP contribution is 2.23. The Morgan fingerprint density at radius 1 is 1.33 bits per heavy atom. The van der Waals surface area contributed by atoms with Gasteiger partial charge in [-0.05, 0) is 61.7 Å². The van der Waals surface area contributed by atoms with Crippen LogP contribution in [0.25, 0.3) is 0 Å². The van der Waals surface area contributed by atoms with Crippen molar-refractivity contribution in [3.63, 3.8) is 0 Å². The molecule has 1 N–H and O–H groups in total. The van der Waals surface area contributed by atoms with Gasteiger partial charge in [-0.1, -0.05) is 28.9 Å². The van der Waals surface area contributed by atoms with Gasteiger partial charge in [0.15, 0.2) is 0 Å². The summed E-state index contributed by atoms with van der Waals surface area (Å²) in [6.45, 7) is 5.08. The molecule has 0 aliphatic rings. The molecule has 0 aliphatic carbocycles. The van der Waals surface area contributed by atoms with E-state index in [4.69, 9.17) is 0 Å². The van der Waals surface area contributed by atoms with Crippen LogP contribution in [0.4, 0.5) is 4.39 Å². The molecule has 1 aromatic heterocycles. The molecule has 0 radical (unpaired) electrons. The van der Waals surface area contributed by atoms with E-state index in [2.05, 4.69) is 39.2 Å². The van der Waals surface area contributed by atoms with Crippen LogP contribution in [0.1, 0.15) is 36.2 Å². The molecule has 0 amide bonds. The molecule has 0 bridgehead atoms. The number of aryl methyl sites for hydroxylation is 1. The van der Waals surface area contributed by atoms with E-state index in [1.165, 1.54) is 11.6 Å². The van der Waals surface area contributed by atoms with Crippen LogP contribution in [-0.4, -0.2) is 11.5 Å². The van der Waals surface area contributed by atoms with Crippen LogP contribution in [0, 0.1) is 12.7 Å². The monoisotopic (exact) mass is 350 g/mol. The first-order valence-corrected chi connectivity index (χ1v) is 7.99. The maximum Gasteiger partial charge on any atom is 0.124 e. The van der Waals surface area contributed by atoms with Crippen LogP contribution in [0.3, 0.4) is 0 Å². The SMILES string of the molecule is CCCNC(Cc1cc(F)cc(Br)c1)c1cccnc1C. The van der Waals surface area contributed by atoms with E-state index in [-0.39, 0.29) is 11.9 Å². The molecule has 2 rings (SSSR count). The normalized spacial score (nSPS) is 12.4. The molecular formula is C17H20BrFN2. The second-order valence-electron chi connectivity index (χ2n) is 5.17. The highest BCUT2D eigenvalue weighted by atomic mass is 79.9. The second-order valence-corrected chi connectivity index (χ2v) is 6.08. The molecule has 0 spiro atoms. The molecule has 0 aliphatic heterocycles. The van der Waals surface area contributed by atoms with Gasteiger partial charge in [-0.2, -0.15) is 0 Å². The van der Waals surface area contributed by atoms with E-state index in [1.807, 2.05) is 19.1 Å². The second kappa shape index (κ2) is 7.66. The molecule has 2 nitrogen and oxygen atoms in total. The number of hydrogen-bond donors (Lipinski definition) is 1. The van der Waals surface area contributed by atoms with E-state index < -0.39 is 0 Å². The van der Waals surface area contributed by atoms with Crippen molar-refractivity contribution in [2.45, 2.75) is 32.7 Å². The highest BCUT2D eigenvalue weighted by molar-refractivity contribution is 9.10. The first-order chi connectivity index (χ1) is 10.1. The Morgan fingerprint density at radius 2 is 2.14 bits per heavy atom. The summed E-state index contributed by atoms with van der Waals surface area (Å²) in [6, 6.07) is 9.22. The van der Waals surface area contributed by atoms with E-state index in [1.54, 1.807) is 12.3 Å². The summed E-state index contributed by atoms with van der Waals surface area (Å²) in [6.07, 6.45) is 3.60. The maximum absolute atomic E-state index is 13.5. The van der Waals surface area contributed by atoms with Crippen molar-refractivity contribution in [2.75, 3.05) is 6.54 Å². The Hall–Kier alpha value is -1.26.